The Morgan fingerprint density at radius 3 is 2.71 bits per heavy atom. The summed E-state index contributed by atoms with van der Waals surface area (Å²) >= 11 is 0. The van der Waals surface area contributed by atoms with Gasteiger partial charge in [0.15, 0.2) is 5.82 Å². The lowest BCUT2D eigenvalue weighted by atomic mass is 9.95. The highest BCUT2D eigenvalue weighted by Gasteiger charge is 2.38. The number of piperidine rings is 1. The quantitative estimate of drug-likeness (QED) is 0.902. The lowest BCUT2D eigenvalue weighted by Gasteiger charge is -2.20. The van der Waals surface area contributed by atoms with Crippen LogP contribution in [-0.4, -0.2) is 23.2 Å². The Balaban J connectivity index is 0.00000108. The van der Waals surface area contributed by atoms with E-state index in [0.717, 1.165) is 43.1 Å². The third-order valence-corrected chi connectivity index (χ3v) is 3.85. The minimum atomic E-state index is 0. The predicted molar refractivity (Wildman–Crippen MR) is 67.4 cm³/mol. The number of hydrogen-bond donors (Lipinski definition) is 1. The van der Waals surface area contributed by atoms with Crippen molar-refractivity contribution >= 4 is 12.4 Å². The molecule has 1 aliphatic carbocycles. The maximum Gasteiger partial charge on any atom is 0.226 e. The van der Waals surface area contributed by atoms with E-state index in [-0.39, 0.29) is 12.4 Å². The van der Waals surface area contributed by atoms with Gasteiger partial charge in [0, 0.05) is 12.3 Å². The van der Waals surface area contributed by atoms with E-state index in [1.807, 2.05) is 0 Å². The van der Waals surface area contributed by atoms with E-state index < -0.39 is 0 Å². The van der Waals surface area contributed by atoms with Gasteiger partial charge in [-0.15, -0.1) is 12.4 Å². The van der Waals surface area contributed by atoms with Crippen molar-refractivity contribution in [3.63, 3.8) is 0 Å². The summed E-state index contributed by atoms with van der Waals surface area (Å²) in [6.07, 6.45) is 4.66. The first kappa shape index (κ1) is 12.8. The van der Waals surface area contributed by atoms with Crippen LogP contribution >= 0.6 is 12.4 Å². The first-order valence-corrected chi connectivity index (χ1v) is 6.36. The molecule has 2 heterocycles. The molecule has 2 unspecified atom stereocenters. The van der Waals surface area contributed by atoms with Gasteiger partial charge >= 0.3 is 0 Å². The van der Waals surface area contributed by atoms with Crippen LogP contribution in [0, 0.1) is 11.8 Å². The van der Waals surface area contributed by atoms with Gasteiger partial charge in [0.25, 0.3) is 0 Å². The standard InChI is InChI=1S/C12H19N3O.ClH/c1-8-6-10(8)12-14-11(16-15-12)7-9-2-4-13-5-3-9;/h8-10,13H,2-7H2,1H3;1H. The highest BCUT2D eigenvalue weighted by atomic mass is 35.5. The first-order chi connectivity index (χ1) is 7.83. The summed E-state index contributed by atoms with van der Waals surface area (Å²) in [5, 5.41) is 7.47. The molecule has 96 valence electrons. The molecule has 2 aliphatic rings. The molecule has 1 aliphatic heterocycles. The molecule has 1 saturated carbocycles. The fourth-order valence-corrected chi connectivity index (χ4v) is 2.52. The van der Waals surface area contributed by atoms with Crippen molar-refractivity contribution in [2.24, 2.45) is 11.8 Å². The van der Waals surface area contributed by atoms with Gasteiger partial charge in [-0.05, 0) is 44.2 Å². The third-order valence-electron chi connectivity index (χ3n) is 3.85. The average Bonchev–Trinajstić information content (AvgIpc) is 2.86. The number of halogens is 1. The molecule has 0 bridgehead atoms. The topological polar surface area (TPSA) is 51.0 Å². The van der Waals surface area contributed by atoms with E-state index in [0.29, 0.717) is 5.92 Å². The molecule has 0 spiro atoms. The summed E-state index contributed by atoms with van der Waals surface area (Å²) in [5.74, 6) is 3.85. The fraction of sp³-hybridized carbons (Fsp3) is 0.833. The monoisotopic (exact) mass is 257 g/mol. The molecule has 2 atom stereocenters. The number of nitrogens with one attached hydrogen (secondary N) is 1. The molecule has 3 rings (SSSR count). The minimum Gasteiger partial charge on any atom is -0.339 e. The van der Waals surface area contributed by atoms with E-state index in [9.17, 15) is 0 Å². The Morgan fingerprint density at radius 1 is 1.35 bits per heavy atom. The van der Waals surface area contributed by atoms with Gasteiger partial charge in [0.2, 0.25) is 5.89 Å². The van der Waals surface area contributed by atoms with Crippen molar-refractivity contribution in [2.75, 3.05) is 13.1 Å². The van der Waals surface area contributed by atoms with Crippen LogP contribution in [0.25, 0.3) is 0 Å². The van der Waals surface area contributed by atoms with E-state index in [1.165, 1.54) is 19.3 Å². The second-order valence-electron chi connectivity index (χ2n) is 5.26. The first-order valence-electron chi connectivity index (χ1n) is 6.36. The molecule has 1 saturated heterocycles. The van der Waals surface area contributed by atoms with Gasteiger partial charge in [0.05, 0.1) is 0 Å². The molecule has 0 radical (unpaired) electrons. The Bertz CT molecular complexity index is 362. The van der Waals surface area contributed by atoms with Gasteiger partial charge in [-0.1, -0.05) is 12.1 Å². The number of hydrogen-bond acceptors (Lipinski definition) is 4. The zero-order valence-corrected chi connectivity index (χ0v) is 11.0. The maximum atomic E-state index is 5.34. The van der Waals surface area contributed by atoms with E-state index in [4.69, 9.17) is 4.52 Å². The zero-order valence-electron chi connectivity index (χ0n) is 10.2. The molecule has 1 aromatic heterocycles. The Morgan fingerprint density at radius 2 is 2.06 bits per heavy atom. The van der Waals surface area contributed by atoms with Crippen LogP contribution in [0.4, 0.5) is 0 Å². The third kappa shape index (κ3) is 2.99. The summed E-state index contributed by atoms with van der Waals surface area (Å²) in [5.41, 5.74) is 0. The molecule has 0 aromatic carbocycles. The van der Waals surface area contributed by atoms with Crippen LogP contribution in [0.15, 0.2) is 4.52 Å². The molecule has 5 heteroatoms. The molecule has 2 fully saturated rings. The summed E-state index contributed by atoms with van der Waals surface area (Å²) in [4.78, 5) is 4.52. The molecule has 1 aromatic rings. The van der Waals surface area contributed by atoms with Crippen LogP contribution in [0.1, 0.15) is 43.8 Å². The molecule has 1 N–H and O–H groups in total. The van der Waals surface area contributed by atoms with E-state index >= 15 is 0 Å². The van der Waals surface area contributed by atoms with Gasteiger partial charge in [-0.2, -0.15) is 4.98 Å². The lowest BCUT2D eigenvalue weighted by Crippen LogP contribution is -2.28. The molecular weight excluding hydrogens is 238 g/mol. The van der Waals surface area contributed by atoms with Crippen molar-refractivity contribution in [3.05, 3.63) is 11.7 Å². The minimum absolute atomic E-state index is 0. The highest BCUT2D eigenvalue weighted by Crippen LogP contribution is 2.45. The van der Waals surface area contributed by atoms with Crippen LogP contribution in [0.3, 0.4) is 0 Å². The zero-order chi connectivity index (χ0) is 11.0. The summed E-state index contributed by atoms with van der Waals surface area (Å²) in [6, 6.07) is 0. The summed E-state index contributed by atoms with van der Waals surface area (Å²) < 4.78 is 5.34. The van der Waals surface area contributed by atoms with Crippen molar-refractivity contribution < 1.29 is 4.52 Å². The van der Waals surface area contributed by atoms with Crippen molar-refractivity contribution in [2.45, 2.75) is 38.5 Å². The van der Waals surface area contributed by atoms with Crippen LogP contribution in [0.2, 0.25) is 0 Å². The van der Waals surface area contributed by atoms with Crippen LogP contribution in [0.5, 0.6) is 0 Å². The second kappa shape index (κ2) is 5.36. The SMILES string of the molecule is CC1CC1c1noc(CC2CCNCC2)n1.Cl. The van der Waals surface area contributed by atoms with Gasteiger partial charge < -0.3 is 9.84 Å². The van der Waals surface area contributed by atoms with E-state index in [1.54, 1.807) is 0 Å². The van der Waals surface area contributed by atoms with Crippen LogP contribution < -0.4 is 5.32 Å². The van der Waals surface area contributed by atoms with Crippen molar-refractivity contribution in [1.82, 2.24) is 15.5 Å². The second-order valence-corrected chi connectivity index (χ2v) is 5.26. The summed E-state index contributed by atoms with van der Waals surface area (Å²) in [6.45, 7) is 4.50. The number of nitrogens with zero attached hydrogens (tertiary/aromatic N) is 2. The Labute approximate surface area is 108 Å². The largest absolute Gasteiger partial charge is 0.339 e. The highest BCUT2D eigenvalue weighted by molar-refractivity contribution is 5.85. The molecule has 17 heavy (non-hydrogen) atoms. The molecule has 4 nitrogen and oxygen atoms in total. The fourth-order valence-electron chi connectivity index (χ4n) is 2.52. The predicted octanol–water partition coefficient (Wildman–Crippen LogP) is 2.16. The van der Waals surface area contributed by atoms with Crippen molar-refractivity contribution in [3.8, 4) is 0 Å². The normalized spacial score (nSPS) is 28.8. The Kier molecular flexibility index (Phi) is 4.05. The molecular formula is C12H20ClN3O. The smallest absolute Gasteiger partial charge is 0.226 e. The van der Waals surface area contributed by atoms with Gasteiger partial charge in [-0.25, -0.2) is 0 Å². The average molecular weight is 258 g/mol. The maximum absolute atomic E-state index is 5.34. The van der Waals surface area contributed by atoms with E-state index in [2.05, 4.69) is 22.4 Å². The Hall–Kier alpha value is -0.610. The van der Waals surface area contributed by atoms with Gasteiger partial charge in [0.1, 0.15) is 0 Å². The van der Waals surface area contributed by atoms with Crippen molar-refractivity contribution in [1.29, 1.82) is 0 Å². The number of aromatic nitrogens is 2. The molecule has 0 amide bonds. The van der Waals surface area contributed by atoms with Gasteiger partial charge in [-0.3, -0.25) is 0 Å². The van der Waals surface area contributed by atoms with Crippen LogP contribution in [-0.2, 0) is 6.42 Å². The summed E-state index contributed by atoms with van der Waals surface area (Å²) in [7, 11) is 0. The lowest BCUT2D eigenvalue weighted by molar-refractivity contribution is 0.312. The number of rotatable bonds is 3.